The van der Waals surface area contributed by atoms with Crippen LogP contribution in [0, 0.1) is 0 Å². The Morgan fingerprint density at radius 1 is 1.36 bits per heavy atom. The van der Waals surface area contributed by atoms with E-state index in [-0.39, 0.29) is 17.2 Å². The Morgan fingerprint density at radius 3 is 2.84 bits per heavy atom. The summed E-state index contributed by atoms with van der Waals surface area (Å²) < 4.78 is 0. The monoisotopic (exact) mass is 342 g/mol. The van der Waals surface area contributed by atoms with Gasteiger partial charge in [-0.2, -0.15) is 0 Å². The summed E-state index contributed by atoms with van der Waals surface area (Å²) >= 11 is 0. The van der Waals surface area contributed by atoms with Crippen LogP contribution in [0.15, 0.2) is 18.3 Å². The molecule has 25 heavy (non-hydrogen) atoms. The Kier molecular flexibility index (Phi) is 4.02. The molecule has 1 spiro atoms. The van der Waals surface area contributed by atoms with Crippen LogP contribution < -0.4 is 5.32 Å². The molecule has 2 fully saturated rings. The molecule has 2 amide bonds. The minimum Gasteiger partial charge on any atom is -0.342 e. The molecule has 0 unspecified atom stereocenters. The number of carbonyl (C=O) groups is 2. The Hall–Kier alpha value is -1.95. The maximum atomic E-state index is 12.6. The number of likely N-dealkylation sites (N-methyl/N-ethyl adjacent to an activating group) is 1. The summed E-state index contributed by atoms with van der Waals surface area (Å²) in [6, 6.07) is 4.82. The van der Waals surface area contributed by atoms with Gasteiger partial charge in [0.1, 0.15) is 5.82 Å². The molecule has 1 aromatic rings. The Balaban J connectivity index is 1.43. The number of rotatable bonds is 2. The van der Waals surface area contributed by atoms with Crippen molar-refractivity contribution in [2.45, 2.75) is 56.5 Å². The summed E-state index contributed by atoms with van der Waals surface area (Å²) in [5.74, 6) is 1.01. The van der Waals surface area contributed by atoms with Crippen LogP contribution >= 0.6 is 0 Å². The summed E-state index contributed by atoms with van der Waals surface area (Å²) in [7, 11) is 1.90. The molecule has 4 rings (SSSR count). The van der Waals surface area contributed by atoms with Crippen molar-refractivity contribution in [1.82, 2.24) is 14.8 Å². The van der Waals surface area contributed by atoms with Gasteiger partial charge < -0.3 is 10.2 Å². The molecule has 0 aromatic carbocycles. The molecule has 0 radical (unpaired) electrons. The highest BCUT2D eigenvalue weighted by Crippen LogP contribution is 2.47. The van der Waals surface area contributed by atoms with E-state index in [9.17, 15) is 9.59 Å². The molecule has 1 atom stereocenters. The van der Waals surface area contributed by atoms with E-state index in [1.807, 2.05) is 24.1 Å². The third-order valence-electron chi connectivity index (χ3n) is 6.55. The fourth-order valence-corrected chi connectivity index (χ4v) is 4.87. The minimum absolute atomic E-state index is 0.121. The van der Waals surface area contributed by atoms with Crippen molar-refractivity contribution in [3.05, 3.63) is 23.9 Å². The summed E-state index contributed by atoms with van der Waals surface area (Å²) in [5, 5.41) is 2.97. The first kappa shape index (κ1) is 16.5. The molecule has 0 bridgehead atoms. The molecule has 134 valence electrons. The molecule has 1 saturated heterocycles. The van der Waals surface area contributed by atoms with E-state index in [2.05, 4.69) is 15.2 Å². The summed E-state index contributed by atoms with van der Waals surface area (Å²) in [4.78, 5) is 33.0. The van der Waals surface area contributed by atoms with Gasteiger partial charge in [-0.3, -0.25) is 14.5 Å². The second-order valence-electron chi connectivity index (χ2n) is 7.73. The molecule has 6 heteroatoms. The average molecular weight is 342 g/mol. The van der Waals surface area contributed by atoms with Gasteiger partial charge in [-0.05, 0) is 38.2 Å². The summed E-state index contributed by atoms with van der Waals surface area (Å²) in [6.45, 7) is 3.64. The van der Waals surface area contributed by atoms with E-state index in [0.29, 0.717) is 12.1 Å². The third kappa shape index (κ3) is 2.63. The summed E-state index contributed by atoms with van der Waals surface area (Å²) in [5.41, 5.74) is 0.698. The molecule has 6 nitrogen and oxygen atoms in total. The number of carbonyl (C=O) groups excluding carboxylic acids is 2. The lowest BCUT2D eigenvalue weighted by Crippen LogP contribution is -2.45. The topological polar surface area (TPSA) is 65.5 Å². The highest BCUT2D eigenvalue weighted by molar-refractivity contribution is 6.05. The van der Waals surface area contributed by atoms with Gasteiger partial charge in [0.2, 0.25) is 11.8 Å². The van der Waals surface area contributed by atoms with E-state index in [1.54, 1.807) is 13.1 Å². The van der Waals surface area contributed by atoms with Crippen molar-refractivity contribution >= 4 is 17.6 Å². The highest BCUT2D eigenvalue weighted by atomic mass is 16.2. The molecule has 1 N–H and O–H groups in total. The highest BCUT2D eigenvalue weighted by Gasteiger charge is 2.50. The molecule has 1 aromatic heterocycles. The van der Waals surface area contributed by atoms with Crippen LogP contribution in [0.25, 0.3) is 0 Å². The fourth-order valence-electron chi connectivity index (χ4n) is 4.87. The van der Waals surface area contributed by atoms with Crippen molar-refractivity contribution in [2.24, 2.45) is 0 Å². The molecular weight excluding hydrogens is 316 g/mol. The number of pyridine rings is 1. The maximum absolute atomic E-state index is 12.6. The van der Waals surface area contributed by atoms with Gasteiger partial charge in [-0.15, -0.1) is 0 Å². The second-order valence-corrected chi connectivity index (χ2v) is 7.73. The summed E-state index contributed by atoms with van der Waals surface area (Å²) in [6.07, 6.45) is 6.60. The van der Waals surface area contributed by atoms with Crippen LogP contribution in [0.2, 0.25) is 0 Å². The van der Waals surface area contributed by atoms with Crippen LogP contribution in [0.5, 0.6) is 0 Å². The number of nitrogens with one attached hydrogen (secondary N) is 1. The van der Waals surface area contributed by atoms with E-state index < -0.39 is 0 Å². The molecule has 1 saturated carbocycles. The number of hydrogen-bond donors (Lipinski definition) is 1. The number of aromatic nitrogens is 1. The van der Waals surface area contributed by atoms with Gasteiger partial charge in [0.05, 0.1) is 5.41 Å². The zero-order chi connectivity index (χ0) is 17.6. The SMILES string of the molecule is CC(=O)N(C)[C@@H]1CCN(C2CCC3(CC2)C(=O)Nc2ncccc23)C1. The van der Waals surface area contributed by atoms with E-state index in [0.717, 1.165) is 56.6 Å². The van der Waals surface area contributed by atoms with Crippen molar-refractivity contribution in [3.8, 4) is 0 Å². The van der Waals surface area contributed by atoms with Crippen LogP contribution in [-0.2, 0) is 15.0 Å². The second kappa shape index (κ2) is 6.09. The largest absolute Gasteiger partial charge is 0.342 e. The Bertz CT molecular complexity index is 696. The Morgan fingerprint density at radius 2 is 2.12 bits per heavy atom. The standard InChI is InChI=1S/C19H26N4O2/c1-13(24)22(2)15-7-11-23(12-15)14-5-8-19(9-6-14)16-4-3-10-20-17(16)21-18(19)25/h3-4,10,14-15H,5-9,11-12H2,1-2H3,(H,20,21,25)/t14?,15-,19?/m1/s1. The van der Waals surface area contributed by atoms with Crippen molar-refractivity contribution in [1.29, 1.82) is 0 Å². The zero-order valence-electron chi connectivity index (χ0n) is 15.0. The number of likely N-dealkylation sites (tertiary alicyclic amines) is 1. The van der Waals surface area contributed by atoms with Crippen LogP contribution in [0.4, 0.5) is 5.82 Å². The quantitative estimate of drug-likeness (QED) is 0.889. The number of anilines is 1. The first-order chi connectivity index (χ1) is 12.0. The zero-order valence-corrected chi connectivity index (χ0v) is 15.0. The number of amides is 2. The van der Waals surface area contributed by atoms with Crippen molar-refractivity contribution in [2.75, 3.05) is 25.5 Å². The van der Waals surface area contributed by atoms with Gasteiger partial charge in [0, 0.05) is 50.9 Å². The average Bonchev–Trinajstić information content (AvgIpc) is 3.20. The van der Waals surface area contributed by atoms with Gasteiger partial charge in [-0.25, -0.2) is 4.98 Å². The number of fused-ring (bicyclic) bond motifs is 2. The minimum atomic E-state index is -0.380. The van der Waals surface area contributed by atoms with Crippen LogP contribution in [-0.4, -0.2) is 58.8 Å². The molecular formula is C19H26N4O2. The van der Waals surface area contributed by atoms with E-state index >= 15 is 0 Å². The first-order valence-electron chi connectivity index (χ1n) is 9.26. The van der Waals surface area contributed by atoms with Crippen LogP contribution in [0.3, 0.4) is 0 Å². The predicted molar refractivity (Wildman–Crippen MR) is 95.2 cm³/mol. The van der Waals surface area contributed by atoms with Crippen LogP contribution in [0.1, 0.15) is 44.6 Å². The molecule has 3 aliphatic rings. The lowest BCUT2D eigenvalue weighted by Gasteiger charge is -2.39. The number of hydrogen-bond acceptors (Lipinski definition) is 4. The van der Waals surface area contributed by atoms with Gasteiger partial charge in [-0.1, -0.05) is 6.07 Å². The van der Waals surface area contributed by atoms with E-state index in [1.165, 1.54) is 0 Å². The molecule has 3 heterocycles. The maximum Gasteiger partial charge on any atom is 0.236 e. The van der Waals surface area contributed by atoms with Crippen molar-refractivity contribution < 1.29 is 9.59 Å². The van der Waals surface area contributed by atoms with Gasteiger partial charge in [0.25, 0.3) is 0 Å². The Labute approximate surface area is 148 Å². The smallest absolute Gasteiger partial charge is 0.236 e. The fraction of sp³-hybridized carbons (Fsp3) is 0.632. The third-order valence-corrected chi connectivity index (χ3v) is 6.55. The normalized spacial score (nSPS) is 31.8. The van der Waals surface area contributed by atoms with Gasteiger partial charge >= 0.3 is 0 Å². The van der Waals surface area contributed by atoms with E-state index in [4.69, 9.17) is 0 Å². The molecule has 2 aliphatic heterocycles. The molecule has 1 aliphatic carbocycles. The predicted octanol–water partition coefficient (Wildman–Crippen LogP) is 1.77. The first-order valence-corrected chi connectivity index (χ1v) is 9.26. The van der Waals surface area contributed by atoms with Crippen molar-refractivity contribution in [3.63, 3.8) is 0 Å². The lowest BCUT2D eigenvalue weighted by molar-refractivity contribution is -0.129. The lowest BCUT2D eigenvalue weighted by atomic mass is 9.69. The van der Waals surface area contributed by atoms with Gasteiger partial charge in [0.15, 0.2) is 0 Å². The number of nitrogens with zero attached hydrogens (tertiary/aromatic N) is 3.